The molecule has 1 aromatic carbocycles. The molecule has 1 aromatic rings. The molecule has 8 N–H and O–H groups in total. The van der Waals surface area contributed by atoms with Gasteiger partial charge < -0.3 is 11.5 Å². The third-order valence-corrected chi connectivity index (χ3v) is 1.81. The molecule has 17 heavy (non-hydrogen) atoms. The standard InChI is InChI=1S/C9H14N6O2/c10-8(16)14-12-7(13-15-9(11)17)6-4-2-1-3-5-6/h1-5,7,12-13H,(H3,10,14,16)(H3,11,15,17). The average molecular weight is 238 g/mol. The summed E-state index contributed by atoms with van der Waals surface area (Å²) in [5.41, 5.74) is 20.2. The Bertz CT molecular complexity index is 364. The summed E-state index contributed by atoms with van der Waals surface area (Å²) in [5, 5.41) is 0. The van der Waals surface area contributed by atoms with E-state index in [1.165, 1.54) is 0 Å². The Morgan fingerprint density at radius 1 is 0.941 bits per heavy atom. The molecule has 0 saturated carbocycles. The zero-order valence-corrected chi connectivity index (χ0v) is 8.94. The number of benzene rings is 1. The van der Waals surface area contributed by atoms with E-state index in [1.54, 1.807) is 24.3 Å². The van der Waals surface area contributed by atoms with Gasteiger partial charge in [0.15, 0.2) is 0 Å². The molecule has 0 aromatic heterocycles. The van der Waals surface area contributed by atoms with Crippen molar-refractivity contribution in [3.63, 3.8) is 0 Å². The van der Waals surface area contributed by atoms with Crippen molar-refractivity contribution in [2.45, 2.75) is 6.17 Å². The molecule has 92 valence electrons. The summed E-state index contributed by atoms with van der Waals surface area (Å²) >= 11 is 0. The molecule has 8 heteroatoms. The first-order chi connectivity index (χ1) is 8.09. The number of urea groups is 2. The van der Waals surface area contributed by atoms with E-state index in [1.807, 2.05) is 6.07 Å². The van der Waals surface area contributed by atoms with Gasteiger partial charge in [-0.1, -0.05) is 30.3 Å². The van der Waals surface area contributed by atoms with Gasteiger partial charge in [-0.15, -0.1) is 0 Å². The number of nitrogens with one attached hydrogen (secondary N) is 4. The van der Waals surface area contributed by atoms with Gasteiger partial charge in [0.05, 0.1) is 0 Å². The van der Waals surface area contributed by atoms with Crippen molar-refractivity contribution in [1.82, 2.24) is 21.7 Å². The number of nitrogens with two attached hydrogens (primary N) is 2. The van der Waals surface area contributed by atoms with Gasteiger partial charge in [-0.25, -0.2) is 20.4 Å². The minimum absolute atomic E-state index is 0.559. The number of hydrogen-bond acceptors (Lipinski definition) is 4. The maximum atomic E-state index is 10.6. The molecule has 4 amide bonds. The van der Waals surface area contributed by atoms with Crippen molar-refractivity contribution in [3.8, 4) is 0 Å². The smallest absolute Gasteiger partial charge is 0.326 e. The van der Waals surface area contributed by atoms with Gasteiger partial charge >= 0.3 is 12.1 Å². The average Bonchev–Trinajstić information content (AvgIpc) is 2.29. The topological polar surface area (TPSA) is 134 Å². The van der Waals surface area contributed by atoms with Gasteiger partial charge in [-0.05, 0) is 5.56 Å². The fourth-order valence-electron chi connectivity index (χ4n) is 1.13. The predicted molar refractivity (Wildman–Crippen MR) is 60.9 cm³/mol. The first-order valence-corrected chi connectivity index (χ1v) is 4.76. The van der Waals surface area contributed by atoms with Crippen LogP contribution in [0.3, 0.4) is 0 Å². The highest BCUT2D eigenvalue weighted by atomic mass is 16.2. The third-order valence-electron chi connectivity index (χ3n) is 1.81. The number of carbonyl (C=O) groups is 2. The van der Waals surface area contributed by atoms with Crippen molar-refractivity contribution < 1.29 is 9.59 Å². The molecule has 0 saturated heterocycles. The maximum absolute atomic E-state index is 10.6. The van der Waals surface area contributed by atoms with Crippen LogP contribution in [0.5, 0.6) is 0 Å². The van der Waals surface area contributed by atoms with Crippen LogP contribution in [0.15, 0.2) is 30.3 Å². The molecule has 0 aliphatic heterocycles. The molecule has 0 aliphatic rings. The van der Waals surface area contributed by atoms with Gasteiger partial charge in [0.1, 0.15) is 6.17 Å². The highest BCUT2D eigenvalue weighted by Crippen LogP contribution is 2.07. The Hall–Kier alpha value is -2.32. The van der Waals surface area contributed by atoms with Crippen molar-refractivity contribution in [3.05, 3.63) is 35.9 Å². The molecule has 0 atom stereocenters. The molecular formula is C9H14N6O2. The number of amides is 4. The minimum Gasteiger partial charge on any atom is -0.351 e. The number of primary amides is 2. The van der Waals surface area contributed by atoms with Crippen LogP contribution in [-0.4, -0.2) is 12.1 Å². The summed E-state index contributed by atoms with van der Waals surface area (Å²) in [6.07, 6.45) is -0.559. The predicted octanol–water partition coefficient (Wildman–Crippen LogP) is -0.969. The molecule has 0 heterocycles. The number of rotatable bonds is 5. The molecule has 0 radical (unpaired) electrons. The quantitative estimate of drug-likeness (QED) is 0.290. The molecule has 8 nitrogen and oxygen atoms in total. The van der Waals surface area contributed by atoms with Crippen molar-refractivity contribution in [2.75, 3.05) is 0 Å². The second-order valence-corrected chi connectivity index (χ2v) is 3.11. The lowest BCUT2D eigenvalue weighted by atomic mass is 10.2. The van der Waals surface area contributed by atoms with Gasteiger partial charge in [-0.2, -0.15) is 0 Å². The van der Waals surface area contributed by atoms with Crippen LogP contribution in [0.4, 0.5) is 9.59 Å². The van der Waals surface area contributed by atoms with Crippen LogP contribution in [0.1, 0.15) is 11.7 Å². The van der Waals surface area contributed by atoms with E-state index in [0.29, 0.717) is 0 Å². The summed E-state index contributed by atoms with van der Waals surface area (Å²) in [4.78, 5) is 21.2. The van der Waals surface area contributed by atoms with Crippen LogP contribution in [-0.2, 0) is 0 Å². The molecular weight excluding hydrogens is 224 g/mol. The zero-order valence-electron chi connectivity index (χ0n) is 8.94. The minimum atomic E-state index is -0.744. The van der Waals surface area contributed by atoms with Gasteiger partial charge in [0.2, 0.25) is 0 Å². The van der Waals surface area contributed by atoms with E-state index in [2.05, 4.69) is 21.7 Å². The van der Waals surface area contributed by atoms with E-state index < -0.39 is 18.2 Å². The highest BCUT2D eigenvalue weighted by Gasteiger charge is 2.10. The Morgan fingerprint density at radius 3 is 1.82 bits per heavy atom. The van der Waals surface area contributed by atoms with Crippen LogP contribution in [0.2, 0.25) is 0 Å². The molecule has 0 unspecified atom stereocenters. The Labute approximate surface area is 97.7 Å². The zero-order chi connectivity index (χ0) is 12.7. The van der Waals surface area contributed by atoms with Crippen molar-refractivity contribution in [2.24, 2.45) is 11.5 Å². The third kappa shape index (κ3) is 4.82. The fourth-order valence-corrected chi connectivity index (χ4v) is 1.13. The van der Waals surface area contributed by atoms with E-state index >= 15 is 0 Å². The number of hydrogen-bond donors (Lipinski definition) is 6. The van der Waals surface area contributed by atoms with E-state index in [-0.39, 0.29) is 0 Å². The maximum Gasteiger partial charge on any atom is 0.326 e. The number of carbonyl (C=O) groups excluding carboxylic acids is 2. The van der Waals surface area contributed by atoms with Crippen molar-refractivity contribution in [1.29, 1.82) is 0 Å². The molecule has 1 rings (SSSR count). The Balaban J connectivity index is 2.64. The second kappa shape index (κ2) is 6.30. The fraction of sp³-hybridized carbons (Fsp3) is 0.111. The van der Waals surface area contributed by atoms with E-state index in [4.69, 9.17) is 11.5 Å². The highest BCUT2D eigenvalue weighted by molar-refractivity contribution is 5.71. The van der Waals surface area contributed by atoms with Gasteiger partial charge in [-0.3, -0.25) is 10.9 Å². The molecule has 0 fully saturated rings. The first-order valence-electron chi connectivity index (χ1n) is 4.76. The van der Waals surface area contributed by atoms with Gasteiger partial charge in [0.25, 0.3) is 0 Å². The number of hydrazine groups is 2. The van der Waals surface area contributed by atoms with Gasteiger partial charge in [0, 0.05) is 0 Å². The van der Waals surface area contributed by atoms with Crippen molar-refractivity contribution >= 4 is 12.1 Å². The summed E-state index contributed by atoms with van der Waals surface area (Å²) in [6.45, 7) is 0. The lowest BCUT2D eigenvalue weighted by Gasteiger charge is -2.20. The lowest BCUT2D eigenvalue weighted by Crippen LogP contribution is -2.53. The largest absolute Gasteiger partial charge is 0.351 e. The van der Waals surface area contributed by atoms with E-state index in [0.717, 1.165) is 5.56 Å². The Kier molecular flexibility index (Phi) is 4.73. The molecule has 0 aliphatic carbocycles. The summed E-state index contributed by atoms with van der Waals surface area (Å²) in [7, 11) is 0. The van der Waals surface area contributed by atoms with Crippen LogP contribution < -0.4 is 33.2 Å². The van der Waals surface area contributed by atoms with E-state index in [9.17, 15) is 9.59 Å². The summed E-state index contributed by atoms with van der Waals surface area (Å²) in [6, 6.07) is 7.54. The second-order valence-electron chi connectivity index (χ2n) is 3.11. The summed E-state index contributed by atoms with van der Waals surface area (Å²) in [5.74, 6) is 0. The van der Waals surface area contributed by atoms with Crippen LogP contribution >= 0.6 is 0 Å². The Morgan fingerprint density at radius 2 is 1.41 bits per heavy atom. The van der Waals surface area contributed by atoms with Crippen LogP contribution in [0.25, 0.3) is 0 Å². The lowest BCUT2D eigenvalue weighted by molar-refractivity contribution is 0.231. The molecule has 0 bridgehead atoms. The van der Waals surface area contributed by atoms with Crippen LogP contribution in [0, 0.1) is 0 Å². The summed E-state index contributed by atoms with van der Waals surface area (Å²) < 4.78 is 0. The normalized spacial score (nSPS) is 9.94. The monoisotopic (exact) mass is 238 g/mol. The molecule has 0 spiro atoms. The SMILES string of the molecule is NC(=O)NNC(NNC(N)=O)c1ccccc1. The first kappa shape index (κ1) is 12.7.